The third-order valence-electron chi connectivity index (χ3n) is 2.44. The minimum Gasteiger partial charge on any atom is -0.383 e. The van der Waals surface area contributed by atoms with Crippen molar-refractivity contribution in [2.45, 2.75) is 13.5 Å². The minimum absolute atomic E-state index is 0.677. The first-order chi connectivity index (χ1) is 8.69. The van der Waals surface area contributed by atoms with Gasteiger partial charge in [0, 0.05) is 24.7 Å². The highest BCUT2D eigenvalue weighted by Gasteiger charge is 2.07. The number of hydrogen-bond acceptors (Lipinski definition) is 4. The van der Waals surface area contributed by atoms with E-state index < -0.39 is 0 Å². The van der Waals surface area contributed by atoms with Gasteiger partial charge in [0.2, 0.25) is 5.95 Å². The summed E-state index contributed by atoms with van der Waals surface area (Å²) in [7, 11) is 1.70. The van der Waals surface area contributed by atoms with Crippen molar-refractivity contribution < 1.29 is 4.74 Å². The second kappa shape index (κ2) is 6.36. The van der Waals surface area contributed by atoms with Crippen LogP contribution in [0.25, 0.3) is 0 Å². The van der Waals surface area contributed by atoms with Gasteiger partial charge < -0.3 is 14.6 Å². The summed E-state index contributed by atoms with van der Waals surface area (Å²) in [6.45, 7) is 4.28. The Hall–Kier alpha value is -0.850. The molecule has 1 N–H and O–H groups in total. The Kier molecular flexibility index (Phi) is 4.79. The molecule has 0 fully saturated rings. The Labute approximate surface area is 119 Å². The van der Waals surface area contributed by atoms with E-state index in [-0.39, 0.29) is 0 Å². The average Bonchev–Trinajstić information content (AvgIpc) is 2.87. The van der Waals surface area contributed by atoms with Gasteiger partial charge in [-0.05, 0) is 35.0 Å². The van der Waals surface area contributed by atoms with Crippen LogP contribution < -0.4 is 5.32 Å². The monoisotopic (exact) mass is 329 g/mol. The van der Waals surface area contributed by atoms with Gasteiger partial charge >= 0.3 is 0 Å². The molecule has 0 aromatic carbocycles. The summed E-state index contributed by atoms with van der Waals surface area (Å²) < 4.78 is 8.31. The number of rotatable bonds is 6. The van der Waals surface area contributed by atoms with Crippen LogP contribution in [0.2, 0.25) is 0 Å². The van der Waals surface area contributed by atoms with Gasteiger partial charge in [0.05, 0.1) is 22.6 Å². The summed E-state index contributed by atoms with van der Waals surface area (Å²) in [5, 5.41) is 3.28. The molecule has 0 saturated carbocycles. The number of aryl methyl sites for hydroxylation is 1. The van der Waals surface area contributed by atoms with Crippen LogP contribution in [0, 0.1) is 6.92 Å². The van der Waals surface area contributed by atoms with E-state index in [1.807, 2.05) is 6.92 Å². The molecule has 0 bridgehead atoms. The van der Waals surface area contributed by atoms with Gasteiger partial charge in [0.25, 0.3) is 0 Å². The van der Waals surface area contributed by atoms with Crippen molar-refractivity contribution in [3.8, 4) is 0 Å². The van der Waals surface area contributed by atoms with Crippen LogP contribution in [0.4, 0.5) is 5.95 Å². The molecule has 4 nitrogen and oxygen atoms in total. The molecule has 2 heterocycles. The van der Waals surface area contributed by atoms with E-state index in [1.54, 1.807) is 18.4 Å². The lowest BCUT2D eigenvalue weighted by molar-refractivity contribution is 0.210. The third-order valence-corrected chi connectivity index (χ3v) is 4.05. The summed E-state index contributed by atoms with van der Waals surface area (Å²) in [6.07, 6.45) is 2.06. The Balaban J connectivity index is 2.06. The summed E-state index contributed by atoms with van der Waals surface area (Å²) in [5.74, 6) is 0.897. The van der Waals surface area contributed by atoms with E-state index in [1.165, 1.54) is 4.88 Å². The second-order valence-corrected chi connectivity index (χ2v) is 6.51. The number of hydrogen-bond donors (Lipinski definition) is 1. The Morgan fingerprint density at radius 1 is 1.50 bits per heavy atom. The average molecular weight is 330 g/mol. The van der Waals surface area contributed by atoms with Gasteiger partial charge in [-0.2, -0.15) is 0 Å². The zero-order valence-corrected chi connectivity index (χ0v) is 12.8. The maximum absolute atomic E-state index is 5.03. The van der Waals surface area contributed by atoms with E-state index in [4.69, 9.17) is 4.74 Å². The number of aromatic nitrogens is 2. The number of nitrogens with one attached hydrogen (secondary N) is 1. The van der Waals surface area contributed by atoms with Gasteiger partial charge in [-0.3, -0.25) is 0 Å². The highest BCUT2D eigenvalue weighted by molar-refractivity contribution is 9.11. The molecule has 6 heteroatoms. The fraction of sp³-hybridized carbons (Fsp3) is 0.417. The molecule has 0 radical (unpaired) electrons. The van der Waals surface area contributed by atoms with Crippen molar-refractivity contribution in [1.29, 1.82) is 0 Å². The van der Waals surface area contributed by atoms with E-state index >= 15 is 0 Å². The van der Waals surface area contributed by atoms with Crippen molar-refractivity contribution in [3.63, 3.8) is 0 Å². The molecule has 0 amide bonds. The Bertz CT molecular complexity index is 509. The molecule has 0 saturated heterocycles. The molecular weight excluding hydrogens is 314 g/mol. The van der Waals surface area contributed by atoms with Crippen LogP contribution in [0.5, 0.6) is 0 Å². The van der Waals surface area contributed by atoms with Gasteiger partial charge in [-0.15, -0.1) is 11.3 Å². The predicted molar refractivity (Wildman–Crippen MR) is 78.5 cm³/mol. The normalized spacial score (nSPS) is 10.8. The number of imidazole rings is 1. The fourth-order valence-corrected chi connectivity index (χ4v) is 3.16. The largest absolute Gasteiger partial charge is 0.383 e. The second-order valence-electron chi connectivity index (χ2n) is 3.96. The summed E-state index contributed by atoms with van der Waals surface area (Å²) in [4.78, 5) is 5.77. The van der Waals surface area contributed by atoms with Crippen LogP contribution >= 0.6 is 27.3 Å². The number of thiophene rings is 1. The highest BCUT2D eigenvalue weighted by Crippen LogP contribution is 2.23. The first-order valence-electron chi connectivity index (χ1n) is 5.70. The lowest BCUT2D eigenvalue weighted by atomic mass is 10.4. The summed E-state index contributed by atoms with van der Waals surface area (Å²) >= 11 is 5.23. The molecule has 98 valence electrons. The molecule has 0 atom stereocenters. The molecule has 2 aromatic heterocycles. The standard InChI is InChI=1S/C12H16BrN3OS/c1-9-7-16(8-10-3-4-11(13)18-10)12(15-9)14-5-6-17-2/h3-4,7H,5-6,8H2,1-2H3,(H,14,15). The maximum Gasteiger partial charge on any atom is 0.203 e. The smallest absolute Gasteiger partial charge is 0.203 e. The quantitative estimate of drug-likeness (QED) is 0.827. The van der Waals surface area contributed by atoms with Crippen molar-refractivity contribution in [3.05, 3.63) is 32.7 Å². The van der Waals surface area contributed by atoms with Gasteiger partial charge in [0.15, 0.2) is 0 Å². The molecular formula is C12H16BrN3OS. The third kappa shape index (κ3) is 3.57. The van der Waals surface area contributed by atoms with Crippen molar-refractivity contribution in [2.24, 2.45) is 0 Å². The summed E-state index contributed by atoms with van der Waals surface area (Å²) in [6, 6.07) is 4.20. The van der Waals surface area contributed by atoms with Crippen LogP contribution in [0.1, 0.15) is 10.6 Å². The molecule has 18 heavy (non-hydrogen) atoms. The van der Waals surface area contributed by atoms with Gasteiger partial charge in [0.1, 0.15) is 0 Å². The van der Waals surface area contributed by atoms with Crippen LogP contribution in [0.15, 0.2) is 22.1 Å². The van der Waals surface area contributed by atoms with E-state index in [2.05, 4.69) is 49.1 Å². The van der Waals surface area contributed by atoms with Crippen molar-refractivity contribution in [1.82, 2.24) is 9.55 Å². The zero-order valence-electron chi connectivity index (χ0n) is 10.4. The maximum atomic E-state index is 5.03. The number of ether oxygens (including phenoxy) is 1. The van der Waals surface area contributed by atoms with Crippen LogP contribution in [-0.2, 0) is 11.3 Å². The SMILES string of the molecule is COCCNc1nc(C)cn1Cc1ccc(Br)s1. The van der Waals surface area contributed by atoms with E-state index in [9.17, 15) is 0 Å². The first-order valence-corrected chi connectivity index (χ1v) is 7.31. The number of halogens is 1. The molecule has 0 aliphatic heterocycles. The lowest BCUT2D eigenvalue weighted by Gasteiger charge is -2.08. The molecule has 0 aliphatic carbocycles. The topological polar surface area (TPSA) is 39.1 Å². The Morgan fingerprint density at radius 3 is 3.00 bits per heavy atom. The van der Waals surface area contributed by atoms with Crippen LogP contribution in [0.3, 0.4) is 0 Å². The van der Waals surface area contributed by atoms with Crippen molar-refractivity contribution >= 4 is 33.2 Å². The number of methoxy groups -OCH3 is 1. The van der Waals surface area contributed by atoms with E-state index in [0.29, 0.717) is 6.61 Å². The number of anilines is 1. The molecule has 2 aromatic rings. The molecule has 0 aliphatic rings. The van der Waals surface area contributed by atoms with Crippen molar-refractivity contribution in [2.75, 3.05) is 25.6 Å². The lowest BCUT2D eigenvalue weighted by Crippen LogP contribution is -2.12. The van der Waals surface area contributed by atoms with Gasteiger partial charge in [-0.1, -0.05) is 0 Å². The Morgan fingerprint density at radius 2 is 2.33 bits per heavy atom. The molecule has 2 rings (SSSR count). The van der Waals surface area contributed by atoms with Gasteiger partial charge in [-0.25, -0.2) is 4.98 Å². The van der Waals surface area contributed by atoms with Crippen LogP contribution in [-0.4, -0.2) is 29.8 Å². The predicted octanol–water partition coefficient (Wildman–Crippen LogP) is 3.12. The van der Waals surface area contributed by atoms with E-state index in [0.717, 1.165) is 28.5 Å². The number of nitrogens with zero attached hydrogens (tertiary/aromatic N) is 2. The molecule has 0 unspecified atom stereocenters. The fourth-order valence-electron chi connectivity index (χ4n) is 1.68. The summed E-state index contributed by atoms with van der Waals surface area (Å²) in [5.41, 5.74) is 1.02. The minimum atomic E-state index is 0.677. The molecule has 0 spiro atoms. The highest BCUT2D eigenvalue weighted by atomic mass is 79.9. The zero-order chi connectivity index (χ0) is 13.0. The first kappa shape index (κ1) is 13.6.